The molecule has 13 heavy (non-hydrogen) atoms. The summed E-state index contributed by atoms with van der Waals surface area (Å²) in [6.07, 6.45) is -14.9. The predicted octanol–water partition coefficient (Wildman–Crippen LogP) is 3.48. The molecular formula is C6H7F7. The Bertz CT molecular complexity index is 141. The maximum atomic E-state index is 12.3. The second-order valence-corrected chi connectivity index (χ2v) is 2.49. The number of halogens is 7. The van der Waals surface area contributed by atoms with Crippen LogP contribution in [0.5, 0.6) is 0 Å². The molecule has 0 aliphatic heterocycles. The number of rotatable bonds is 2. The molecule has 7 heteroatoms. The molecule has 0 nitrogen and oxygen atoms in total. The molecule has 0 saturated carbocycles. The summed E-state index contributed by atoms with van der Waals surface area (Å²) in [7, 11) is 0. The molecule has 0 aromatic rings. The van der Waals surface area contributed by atoms with Crippen LogP contribution in [0.1, 0.15) is 13.3 Å². The van der Waals surface area contributed by atoms with Crippen LogP contribution in [-0.4, -0.2) is 18.5 Å². The van der Waals surface area contributed by atoms with E-state index in [0.29, 0.717) is 0 Å². The minimum Gasteiger partial charge on any atom is -0.246 e. The molecule has 1 atom stereocenters. The topological polar surface area (TPSA) is 0 Å². The maximum absolute atomic E-state index is 12.3. The monoisotopic (exact) mass is 212 g/mol. The van der Waals surface area contributed by atoms with E-state index in [2.05, 4.69) is 0 Å². The Balaban J connectivity index is 4.78. The lowest BCUT2D eigenvalue weighted by atomic mass is 10.0. The number of alkyl halides is 7. The van der Waals surface area contributed by atoms with Gasteiger partial charge in [0.2, 0.25) is 0 Å². The Morgan fingerprint density at radius 3 is 1.31 bits per heavy atom. The molecule has 0 aromatic carbocycles. The molecule has 80 valence electrons. The zero-order valence-electron chi connectivity index (χ0n) is 6.51. The highest BCUT2D eigenvalue weighted by atomic mass is 19.4. The van der Waals surface area contributed by atoms with E-state index < -0.39 is 30.9 Å². The van der Waals surface area contributed by atoms with Gasteiger partial charge in [0.1, 0.15) is 6.17 Å². The van der Waals surface area contributed by atoms with Crippen molar-refractivity contribution < 1.29 is 30.7 Å². The highest BCUT2D eigenvalue weighted by Crippen LogP contribution is 2.43. The fraction of sp³-hybridized carbons (Fsp3) is 1.00. The van der Waals surface area contributed by atoms with Gasteiger partial charge in [0.15, 0.2) is 5.92 Å². The Morgan fingerprint density at radius 1 is 0.923 bits per heavy atom. The molecule has 0 heterocycles. The van der Waals surface area contributed by atoms with Gasteiger partial charge in [-0.1, -0.05) is 6.92 Å². The van der Waals surface area contributed by atoms with Crippen LogP contribution >= 0.6 is 0 Å². The van der Waals surface area contributed by atoms with E-state index in [1.165, 1.54) is 0 Å². The zero-order chi connectivity index (χ0) is 10.9. The number of hydrogen-bond acceptors (Lipinski definition) is 0. The number of hydrogen-bond donors (Lipinski definition) is 0. The second-order valence-electron chi connectivity index (χ2n) is 2.49. The van der Waals surface area contributed by atoms with Gasteiger partial charge in [0, 0.05) is 0 Å². The first kappa shape index (κ1) is 12.5. The van der Waals surface area contributed by atoms with Crippen molar-refractivity contribution in [3.8, 4) is 0 Å². The van der Waals surface area contributed by atoms with Crippen LogP contribution in [0.3, 0.4) is 0 Å². The quantitative estimate of drug-likeness (QED) is 0.614. The largest absolute Gasteiger partial charge is 0.403 e. The summed E-state index contributed by atoms with van der Waals surface area (Å²) < 4.78 is 82.5. The first-order chi connectivity index (χ1) is 5.60. The molecule has 1 unspecified atom stereocenters. The summed E-state index contributed by atoms with van der Waals surface area (Å²) >= 11 is 0. The van der Waals surface area contributed by atoms with E-state index in [9.17, 15) is 30.7 Å². The highest BCUT2D eigenvalue weighted by Gasteiger charge is 2.60. The van der Waals surface area contributed by atoms with Crippen LogP contribution in [0.25, 0.3) is 0 Å². The Labute approximate surface area is 69.7 Å². The van der Waals surface area contributed by atoms with Gasteiger partial charge in [-0.3, -0.25) is 0 Å². The molecule has 0 radical (unpaired) electrons. The van der Waals surface area contributed by atoms with E-state index in [4.69, 9.17) is 0 Å². The fourth-order valence-corrected chi connectivity index (χ4v) is 0.831. The zero-order valence-corrected chi connectivity index (χ0v) is 6.51. The SMILES string of the molecule is CCC(F)C(C(F)(F)F)C(F)(F)F. The lowest BCUT2D eigenvalue weighted by Gasteiger charge is -2.25. The Kier molecular flexibility index (Phi) is 3.57. The molecule has 0 saturated heterocycles. The minimum absolute atomic E-state index is 0.816. The summed E-state index contributed by atoms with van der Waals surface area (Å²) in [6.45, 7) is 0.926. The smallest absolute Gasteiger partial charge is 0.246 e. The summed E-state index contributed by atoms with van der Waals surface area (Å²) in [5.74, 6) is -3.87. The van der Waals surface area contributed by atoms with Crippen molar-refractivity contribution in [1.29, 1.82) is 0 Å². The van der Waals surface area contributed by atoms with Crippen LogP contribution in [0.2, 0.25) is 0 Å². The summed E-state index contributed by atoms with van der Waals surface area (Å²) in [5.41, 5.74) is 0. The summed E-state index contributed by atoms with van der Waals surface area (Å²) in [6, 6.07) is 0. The van der Waals surface area contributed by atoms with Gasteiger partial charge in [-0.15, -0.1) is 0 Å². The molecule has 0 rings (SSSR count). The molecule has 0 N–H and O–H groups in total. The van der Waals surface area contributed by atoms with Crippen LogP contribution in [0.15, 0.2) is 0 Å². The van der Waals surface area contributed by atoms with Crippen molar-refractivity contribution in [2.24, 2.45) is 5.92 Å². The normalized spacial score (nSPS) is 16.4. The van der Waals surface area contributed by atoms with Crippen LogP contribution < -0.4 is 0 Å². The van der Waals surface area contributed by atoms with E-state index in [1.807, 2.05) is 0 Å². The maximum Gasteiger partial charge on any atom is 0.403 e. The minimum atomic E-state index is -5.58. The molecular weight excluding hydrogens is 205 g/mol. The summed E-state index contributed by atoms with van der Waals surface area (Å²) in [4.78, 5) is 0. The lowest BCUT2D eigenvalue weighted by molar-refractivity contribution is -0.299. The van der Waals surface area contributed by atoms with Gasteiger partial charge >= 0.3 is 12.4 Å². The third-order valence-electron chi connectivity index (χ3n) is 1.46. The first-order valence-electron chi connectivity index (χ1n) is 3.38. The van der Waals surface area contributed by atoms with Gasteiger partial charge < -0.3 is 0 Å². The predicted molar refractivity (Wildman–Crippen MR) is 30.8 cm³/mol. The Hall–Kier alpha value is -0.490. The average molecular weight is 212 g/mol. The van der Waals surface area contributed by atoms with Crippen molar-refractivity contribution in [3.05, 3.63) is 0 Å². The van der Waals surface area contributed by atoms with Crippen molar-refractivity contribution >= 4 is 0 Å². The lowest BCUT2D eigenvalue weighted by Crippen LogP contribution is -2.42. The average Bonchev–Trinajstić information content (AvgIpc) is 1.80. The van der Waals surface area contributed by atoms with E-state index in [-0.39, 0.29) is 0 Å². The Morgan fingerprint density at radius 2 is 1.23 bits per heavy atom. The molecule has 0 amide bonds. The van der Waals surface area contributed by atoms with Gasteiger partial charge in [0.05, 0.1) is 0 Å². The van der Waals surface area contributed by atoms with Gasteiger partial charge in [0.25, 0.3) is 0 Å². The van der Waals surface area contributed by atoms with Crippen molar-refractivity contribution in [1.82, 2.24) is 0 Å². The van der Waals surface area contributed by atoms with Crippen molar-refractivity contribution in [2.45, 2.75) is 31.9 Å². The van der Waals surface area contributed by atoms with E-state index >= 15 is 0 Å². The molecule has 0 spiro atoms. The van der Waals surface area contributed by atoms with Gasteiger partial charge in [-0.25, -0.2) is 4.39 Å². The standard InChI is InChI=1S/C6H7F7/c1-2-3(7)4(5(8,9)10)6(11,12)13/h3-4H,2H2,1H3. The van der Waals surface area contributed by atoms with Crippen LogP contribution in [-0.2, 0) is 0 Å². The van der Waals surface area contributed by atoms with E-state index in [0.717, 1.165) is 6.92 Å². The molecule has 0 bridgehead atoms. The van der Waals surface area contributed by atoms with Crippen molar-refractivity contribution in [2.75, 3.05) is 0 Å². The third-order valence-corrected chi connectivity index (χ3v) is 1.46. The second kappa shape index (κ2) is 3.71. The molecule has 0 fully saturated rings. The highest BCUT2D eigenvalue weighted by molar-refractivity contribution is 4.81. The fourth-order valence-electron chi connectivity index (χ4n) is 0.831. The molecule has 0 aliphatic rings. The third kappa shape index (κ3) is 3.40. The first-order valence-corrected chi connectivity index (χ1v) is 3.38. The molecule has 0 aromatic heterocycles. The molecule has 0 aliphatic carbocycles. The van der Waals surface area contributed by atoms with E-state index in [1.54, 1.807) is 0 Å². The van der Waals surface area contributed by atoms with Crippen molar-refractivity contribution in [3.63, 3.8) is 0 Å². The van der Waals surface area contributed by atoms with Gasteiger partial charge in [-0.2, -0.15) is 26.3 Å². The van der Waals surface area contributed by atoms with Crippen LogP contribution in [0.4, 0.5) is 30.7 Å². The summed E-state index contributed by atoms with van der Waals surface area (Å²) in [5, 5.41) is 0. The van der Waals surface area contributed by atoms with Gasteiger partial charge in [-0.05, 0) is 6.42 Å². The van der Waals surface area contributed by atoms with Crippen LogP contribution in [0, 0.1) is 5.92 Å².